The third-order valence-electron chi connectivity index (χ3n) is 3.49. The van der Waals surface area contributed by atoms with Gasteiger partial charge in [0.2, 0.25) is 4.96 Å². The van der Waals surface area contributed by atoms with Gasteiger partial charge in [0.15, 0.2) is 5.11 Å². The van der Waals surface area contributed by atoms with Gasteiger partial charge in [-0.05, 0) is 18.1 Å². The smallest absolute Gasteiger partial charge is 0.213 e. The second-order valence-corrected chi connectivity index (χ2v) is 7.40. The van der Waals surface area contributed by atoms with E-state index in [-0.39, 0.29) is 0 Å². The molecule has 2 N–H and O–H groups in total. The summed E-state index contributed by atoms with van der Waals surface area (Å²) in [6.45, 7) is 4.37. The molecule has 3 aromatic rings. The van der Waals surface area contributed by atoms with Gasteiger partial charge in [0.25, 0.3) is 0 Å². The van der Waals surface area contributed by atoms with Crippen LogP contribution in [0.1, 0.15) is 24.5 Å². The van der Waals surface area contributed by atoms with E-state index < -0.39 is 0 Å². The minimum atomic E-state index is 0.456. The van der Waals surface area contributed by atoms with Crippen molar-refractivity contribution in [1.82, 2.24) is 25.3 Å². The molecule has 0 spiro atoms. The Morgan fingerprint density at radius 2 is 2.12 bits per heavy atom. The molecule has 0 unspecified atom stereocenters. The van der Waals surface area contributed by atoms with Crippen molar-refractivity contribution >= 4 is 39.8 Å². The molecule has 0 aliphatic heterocycles. The van der Waals surface area contributed by atoms with E-state index in [9.17, 15) is 0 Å². The largest absolute Gasteiger partial charge is 0.364 e. The monoisotopic (exact) mass is 372 g/mol. The topological polar surface area (TPSA) is 66.6 Å². The van der Waals surface area contributed by atoms with Gasteiger partial charge >= 0.3 is 0 Å². The number of imidazole rings is 1. The fourth-order valence-corrected chi connectivity index (χ4v) is 3.53. The van der Waals surface area contributed by atoms with Crippen LogP contribution in [0, 0.1) is 5.92 Å². The second-order valence-electron chi connectivity index (χ2n) is 5.95. The van der Waals surface area contributed by atoms with Crippen LogP contribution in [0.2, 0.25) is 0 Å². The maximum Gasteiger partial charge on any atom is 0.213 e. The van der Waals surface area contributed by atoms with E-state index in [4.69, 9.17) is 22.3 Å². The van der Waals surface area contributed by atoms with Gasteiger partial charge in [-0.25, -0.2) is 9.50 Å². The fraction of sp³-hybridized carbons (Fsp3) is 0.294. The molecule has 25 heavy (non-hydrogen) atoms. The standard InChI is InChI=1S/C17H20N6S2/c1-11(2)9-14-22-23-13(10-19-21-16(24)18-3)15(20-17(23)25-14)12-7-5-4-6-8-12/h4-8,10-11H,9H2,1-3H3,(H2,18,21,24)/b19-10-. The molecule has 0 amide bonds. The summed E-state index contributed by atoms with van der Waals surface area (Å²) in [5.41, 5.74) is 5.50. The first-order valence-electron chi connectivity index (χ1n) is 8.03. The van der Waals surface area contributed by atoms with Crippen LogP contribution < -0.4 is 10.7 Å². The molecule has 2 heterocycles. The van der Waals surface area contributed by atoms with Crippen LogP contribution in [0.3, 0.4) is 0 Å². The Balaban J connectivity index is 2.04. The quantitative estimate of drug-likeness (QED) is 0.409. The lowest BCUT2D eigenvalue weighted by atomic mass is 10.1. The van der Waals surface area contributed by atoms with E-state index in [1.54, 1.807) is 24.6 Å². The van der Waals surface area contributed by atoms with Gasteiger partial charge in [-0.1, -0.05) is 55.5 Å². The van der Waals surface area contributed by atoms with Crippen molar-refractivity contribution in [3.63, 3.8) is 0 Å². The number of fused-ring (bicyclic) bond motifs is 1. The lowest BCUT2D eigenvalue weighted by Crippen LogP contribution is -2.28. The van der Waals surface area contributed by atoms with E-state index in [1.165, 1.54) is 0 Å². The highest BCUT2D eigenvalue weighted by atomic mass is 32.1. The molecular formula is C17H20N6S2. The molecule has 0 saturated carbocycles. The average Bonchev–Trinajstić information content (AvgIpc) is 3.13. The Hall–Kier alpha value is -2.32. The molecule has 0 aliphatic rings. The molecule has 6 nitrogen and oxygen atoms in total. The Morgan fingerprint density at radius 1 is 1.36 bits per heavy atom. The summed E-state index contributed by atoms with van der Waals surface area (Å²) in [6.07, 6.45) is 2.65. The van der Waals surface area contributed by atoms with Crippen molar-refractivity contribution in [2.75, 3.05) is 7.05 Å². The van der Waals surface area contributed by atoms with E-state index in [2.05, 4.69) is 29.7 Å². The molecule has 0 fully saturated rings. The number of benzene rings is 1. The zero-order valence-corrected chi connectivity index (χ0v) is 16.0. The average molecular weight is 373 g/mol. The van der Waals surface area contributed by atoms with Gasteiger partial charge < -0.3 is 5.32 Å². The predicted molar refractivity (Wildman–Crippen MR) is 107 cm³/mol. The summed E-state index contributed by atoms with van der Waals surface area (Å²) in [6, 6.07) is 10.0. The van der Waals surface area contributed by atoms with Crippen LogP contribution >= 0.6 is 23.6 Å². The highest BCUT2D eigenvalue weighted by molar-refractivity contribution is 7.80. The Labute approximate surface area is 156 Å². The summed E-state index contributed by atoms with van der Waals surface area (Å²) in [4.78, 5) is 5.65. The van der Waals surface area contributed by atoms with Crippen molar-refractivity contribution in [2.45, 2.75) is 20.3 Å². The summed E-state index contributed by atoms with van der Waals surface area (Å²) in [7, 11) is 1.75. The van der Waals surface area contributed by atoms with Crippen molar-refractivity contribution in [1.29, 1.82) is 0 Å². The second kappa shape index (κ2) is 7.71. The first kappa shape index (κ1) is 17.5. The number of nitrogens with one attached hydrogen (secondary N) is 2. The van der Waals surface area contributed by atoms with Crippen LogP contribution in [0.5, 0.6) is 0 Å². The molecule has 0 aliphatic carbocycles. The van der Waals surface area contributed by atoms with E-state index in [0.29, 0.717) is 11.0 Å². The number of hydrogen-bond acceptors (Lipinski definition) is 5. The minimum absolute atomic E-state index is 0.456. The number of hydrogen-bond donors (Lipinski definition) is 2. The SMILES string of the molecule is CNC(=S)N/N=C\c1c(-c2ccccc2)nc2sc(CC(C)C)nn12. The predicted octanol–water partition coefficient (Wildman–Crippen LogP) is 3.08. The van der Waals surface area contributed by atoms with Gasteiger partial charge in [0, 0.05) is 19.0 Å². The molecule has 1 aromatic carbocycles. The third-order valence-corrected chi connectivity index (χ3v) is 4.72. The van der Waals surface area contributed by atoms with Crippen molar-refractivity contribution in [3.8, 4) is 11.3 Å². The van der Waals surface area contributed by atoms with Gasteiger partial charge in [0.1, 0.15) is 16.4 Å². The number of thiocarbonyl (C=S) groups is 1. The van der Waals surface area contributed by atoms with Crippen molar-refractivity contribution in [3.05, 3.63) is 41.0 Å². The number of nitrogens with zero attached hydrogens (tertiary/aromatic N) is 4. The summed E-state index contributed by atoms with van der Waals surface area (Å²) in [5.74, 6) is 0.552. The summed E-state index contributed by atoms with van der Waals surface area (Å²) >= 11 is 6.67. The number of aromatic nitrogens is 3. The van der Waals surface area contributed by atoms with Gasteiger partial charge in [0.05, 0.1) is 6.21 Å². The van der Waals surface area contributed by atoms with E-state index in [1.807, 2.05) is 34.8 Å². The van der Waals surface area contributed by atoms with Crippen LogP contribution in [0.15, 0.2) is 35.4 Å². The Morgan fingerprint density at radius 3 is 2.80 bits per heavy atom. The van der Waals surface area contributed by atoms with Gasteiger partial charge in [-0.2, -0.15) is 10.2 Å². The molecule has 3 rings (SSSR count). The fourth-order valence-electron chi connectivity index (χ4n) is 2.37. The molecule has 8 heteroatoms. The zero-order chi connectivity index (χ0) is 17.8. The van der Waals surface area contributed by atoms with E-state index >= 15 is 0 Å². The Kier molecular flexibility index (Phi) is 5.40. The van der Waals surface area contributed by atoms with Crippen LogP contribution in [0.4, 0.5) is 0 Å². The lowest BCUT2D eigenvalue weighted by molar-refractivity contribution is 0.636. The normalized spacial score (nSPS) is 11.5. The molecule has 0 radical (unpaired) electrons. The van der Waals surface area contributed by atoms with Gasteiger partial charge in [-0.3, -0.25) is 5.43 Å². The summed E-state index contributed by atoms with van der Waals surface area (Å²) in [5, 5.41) is 13.3. The van der Waals surface area contributed by atoms with Crippen LogP contribution in [-0.2, 0) is 6.42 Å². The zero-order valence-electron chi connectivity index (χ0n) is 14.4. The van der Waals surface area contributed by atoms with Crippen LogP contribution in [0.25, 0.3) is 16.2 Å². The minimum Gasteiger partial charge on any atom is -0.364 e. The van der Waals surface area contributed by atoms with Gasteiger partial charge in [-0.15, -0.1) is 0 Å². The highest BCUT2D eigenvalue weighted by Crippen LogP contribution is 2.26. The molecule has 0 bridgehead atoms. The summed E-state index contributed by atoms with van der Waals surface area (Å²) < 4.78 is 1.86. The van der Waals surface area contributed by atoms with Crippen LogP contribution in [-0.4, -0.2) is 33.0 Å². The first-order chi connectivity index (χ1) is 12.1. The lowest BCUT2D eigenvalue weighted by Gasteiger charge is -2.02. The van der Waals surface area contributed by atoms with Crippen molar-refractivity contribution < 1.29 is 0 Å². The third kappa shape index (κ3) is 4.02. The molecule has 2 aromatic heterocycles. The molecule has 0 saturated heterocycles. The van der Waals surface area contributed by atoms with E-state index in [0.717, 1.165) is 33.3 Å². The molecule has 130 valence electrons. The molecular weight excluding hydrogens is 352 g/mol. The number of rotatable bonds is 5. The maximum atomic E-state index is 5.05. The highest BCUT2D eigenvalue weighted by Gasteiger charge is 2.17. The maximum absolute atomic E-state index is 5.05. The molecule has 0 atom stereocenters. The Bertz CT molecular complexity index is 895. The number of hydrazone groups is 1. The van der Waals surface area contributed by atoms with Crippen molar-refractivity contribution in [2.24, 2.45) is 11.0 Å². The first-order valence-corrected chi connectivity index (χ1v) is 9.25.